The molecule has 0 spiro atoms. The first-order chi connectivity index (χ1) is 9.71. The molecule has 0 fully saturated rings. The summed E-state index contributed by atoms with van der Waals surface area (Å²) in [6.07, 6.45) is 0. The van der Waals surface area contributed by atoms with Crippen LogP contribution in [-0.2, 0) is 5.41 Å². The van der Waals surface area contributed by atoms with E-state index in [-0.39, 0.29) is 11.0 Å². The summed E-state index contributed by atoms with van der Waals surface area (Å²) in [7, 11) is 0. The van der Waals surface area contributed by atoms with E-state index < -0.39 is 17.7 Å². The molecule has 1 unspecified atom stereocenters. The third kappa shape index (κ3) is 3.13. The van der Waals surface area contributed by atoms with Crippen LogP contribution in [0.25, 0.3) is 0 Å². The van der Waals surface area contributed by atoms with Crippen LogP contribution < -0.4 is 5.73 Å². The molecule has 0 heterocycles. The molecule has 0 aliphatic heterocycles. The van der Waals surface area contributed by atoms with Gasteiger partial charge in [0.1, 0.15) is 11.6 Å². The molecule has 0 saturated heterocycles. The zero-order chi connectivity index (χ0) is 15.8. The minimum absolute atomic E-state index is 0.0302. The fraction of sp³-hybridized carbons (Fsp3) is 0.333. The normalized spacial score (nSPS) is 13.3. The number of hydrogen-bond donors (Lipinski definition) is 1. The van der Waals surface area contributed by atoms with E-state index >= 15 is 0 Å². The van der Waals surface area contributed by atoms with Gasteiger partial charge in [-0.25, -0.2) is 8.78 Å². The summed E-state index contributed by atoms with van der Waals surface area (Å²) in [6, 6.07) is 9.47. The van der Waals surface area contributed by atoms with Gasteiger partial charge >= 0.3 is 0 Å². The summed E-state index contributed by atoms with van der Waals surface area (Å²) in [5, 5.41) is 0. The number of benzene rings is 2. The summed E-state index contributed by atoms with van der Waals surface area (Å²) in [5.41, 5.74) is 8.28. The first-order valence-corrected chi connectivity index (χ1v) is 7.02. The van der Waals surface area contributed by atoms with Gasteiger partial charge in [0.2, 0.25) is 0 Å². The predicted octanol–water partition coefficient (Wildman–Crippen LogP) is 4.62. The highest BCUT2D eigenvalue weighted by atomic mass is 19.1. The van der Waals surface area contributed by atoms with Crippen LogP contribution in [0.3, 0.4) is 0 Å². The zero-order valence-corrected chi connectivity index (χ0v) is 12.9. The van der Waals surface area contributed by atoms with Crippen LogP contribution in [-0.4, -0.2) is 0 Å². The second kappa shape index (κ2) is 5.57. The van der Waals surface area contributed by atoms with Crippen molar-refractivity contribution in [1.82, 2.24) is 0 Å². The average molecular weight is 289 g/mol. The lowest BCUT2D eigenvalue weighted by Gasteiger charge is -2.21. The zero-order valence-electron chi connectivity index (χ0n) is 12.9. The Morgan fingerprint density at radius 3 is 2.05 bits per heavy atom. The number of rotatable bonds is 2. The molecule has 2 rings (SSSR count). The summed E-state index contributed by atoms with van der Waals surface area (Å²) in [5.74, 6) is -1.17. The van der Waals surface area contributed by atoms with E-state index in [1.54, 1.807) is 6.92 Å². The van der Waals surface area contributed by atoms with E-state index in [2.05, 4.69) is 20.8 Å². The fourth-order valence-electron chi connectivity index (χ4n) is 2.32. The monoisotopic (exact) mass is 289 g/mol. The summed E-state index contributed by atoms with van der Waals surface area (Å²) >= 11 is 0. The topological polar surface area (TPSA) is 26.0 Å². The molecule has 0 saturated carbocycles. The molecule has 1 nitrogen and oxygen atoms in total. The first-order valence-electron chi connectivity index (χ1n) is 7.02. The van der Waals surface area contributed by atoms with Gasteiger partial charge in [-0.05, 0) is 35.1 Å². The minimum atomic E-state index is -0.807. The van der Waals surface area contributed by atoms with Crippen molar-refractivity contribution in [2.75, 3.05) is 0 Å². The van der Waals surface area contributed by atoms with Gasteiger partial charge in [-0.15, -0.1) is 0 Å². The Labute approximate surface area is 124 Å². The van der Waals surface area contributed by atoms with E-state index in [1.165, 1.54) is 12.1 Å². The van der Waals surface area contributed by atoms with Crippen molar-refractivity contribution >= 4 is 0 Å². The van der Waals surface area contributed by atoms with Gasteiger partial charge in [0, 0.05) is 5.56 Å². The second-order valence-electron chi connectivity index (χ2n) is 6.44. The average Bonchev–Trinajstić information content (AvgIpc) is 2.42. The molecule has 21 heavy (non-hydrogen) atoms. The van der Waals surface area contributed by atoms with Crippen molar-refractivity contribution in [2.45, 2.75) is 39.2 Å². The van der Waals surface area contributed by atoms with Crippen LogP contribution >= 0.6 is 0 Å². The summed E-state index contributed by atoms with van der Waals surface area (Å²) in [6.45, 7) is 7.94. The Morgan fingerprint density at radius 1 is 0.952 bits per heavy atom. The Hall–Kier alpha value is -1.74. The summed E-state index contributed by atoms with van der Waals surface area (Å²) < 4.78 is 28.1. The van der Waals surface area contributed by atoms with Gasteiger partial charge in [-0.3, -0.25) is 0 Å². The Balaban J connectivity index is 2.41. The van der Waals surface area contributed by atoms with Gasteiger partial charge in [-0.1, -0.05) is 51.1 Å². The molecule has 1 atom stereocenters. The largest absolute Gasteiger partial charge is 0.320 e. The molecule has 2 aromatic carbocycles. The van der Waals surface area contributed by atoms with Crippen molar-refractivity contribution in [3.05, 3.63) is 70.3 Å². The molecule has 0 bridgehead atoms. The predicted molar refractivity (Wildman–Crippen MR) is 82.3 cm³/mol. The van der Waals surface area contributed by atoms with Gasteiger partial charge < -0.3 is 5.73 Å². The third-order valence-corrected chi connectivity index (χ3v) is 3.77. The Bertz CT molecular complexity index is 640. The Morgan fingerprint density at radius 2 is 1.52 bits per heavy atom. The standard InChI is InChI=1S/C18H21F2N/c1-11-5-10-14(19)15(16(11)20)17(21)12-6-8-13(9-7-12)18(2,3)4/h5-10,17H,21H2,1-4H3. The molecule has 3 heteroatoms. The lowest BCUT2D eigenvalue weighted by molar-refractivity contribution is 0.538. The number of aryl methyl sites for hydroxylation is 1. The van der Waals surface area contributed by atoms with Crippen molar-refractivity contribution in [3.63, 3.8) is 0 Å². The maximum Gasteiger partial charge on any atom is 0.134 e. The van der Waals surface area contributed by atoms with Gasteiger partial charge in [-0.2, -0.15) is 0 Å². The van der Waals surface area contributed by atoms with E-state index in [0.717, 1.165) is 5.56 Å². The van der Waals surface area contributed by atoms with Crippen LogP contribution in [0.5, 0.6) is 0 Å². The molecular formula is C18H21F2N. The van der Waals surface area contributed by atoms with Crippen LogP contribution in [0.1, 0.15) is 49.1 Å². The fourth-order valence-corrected chi connectivity index (χ4v) is 2.32. The maximum atomic E-state index is 14.1. The highest BCUT2D eigenvalue weighted by Gasteiger charge is 2.21. The lowest BCUT2D eigenvalue weighted by atomic mass is 9.85. The van der Waals surface area contributed by atoms with E-state index in [4.69, 9.17) is 5.73 Å². The van der Waals surface area contributed by atoms with Crippen LogP contribution in [0.2, 0.25) is 0 Å². The third-order valence-electron chi connectivity index (χ3n) is 3.77. The molecule has 0 aliphatic carbocycles. The molecular weight excluding hydrogens is 268 g/mol. The molecule has 2 N–H and O–H groups in total. The molecule has 0 aliphatic rings. The van der Waals surface area contributed by atoms with Crippen molar-refractivity contribution < 1.29 is 8.78 Å². The van der Waals surface area contributed by atoms with Crippen LogP contribution in [0.4, 0.5) is 8.78 Å². The van der Waals surface area contributed by atoms with Crippen LogP contribution in [0, 0.1) is 18.6 Å². The van der Waals surface area contributed by atoms with Gasteiger partial charge in [0.05, 0.1) is 6.04 Å². The highest BCUT2D eigenvalue weighted by molar-refractivity contribution is 5.38. The van der Waals surface area contributed by atoms with Crippen molar-refractivity contribution in [2.24, 2.45) is 5.73 Å². The SMILES string of the molecule is Cc1ccc(F)c(C(N)c2ccc(C(C)(C)C)cc2)c1F. The molecule has 112 valence electrons. The number of hydrogen-bond acceptors (Lipinski definition) is 1. The Kier molecular flexibility index (Phi) is 4.15. The van der Waals surface area contributed by atoms with E-state index in [1.807, 2.05) is 24.3 Å². The number of nitrogens with two attached hydrogens (primary N) is 1. The highest BCUT2D eigenvalue weighted by Crippen LogP contribution is 2.29. The summed E-state index contributed by atoms with van der Waals surface area (Å²) in [4.78, 5) is 0. The minimum Gasteiger partial charge on any atom is -0.320 e. The molecule has 0 amide bonds. The van der Waals surface area contributed by atoms with Crippen molar-refractivity contribution in [1.29, 1.82) is 0 Å². The molecule has 0 radical (unpaired) electrons. The quantitative estimate of drug-likeness (QED) is 0.857. The first kappa shape index (κ1) is 15.6. The smallest absolute Gasteiger partial charge is 0.134 e. The second-order valence-corrected chi connectivity index (χ2v) is 6.44. The van der Waals surface area contributed by atoms with Crippen LogP contribution in [0.15, 0.2) is 36.4 Å². The molecule has 2 aromatic rings. The van der Waals surface area contributed by atoms with Gasteiger partial charge in [0.25, 0.3) is 0 Å². The molecule has 0 aromatic heterocycles. The van der Waals surface area contributed by atoms with Gasteiger partial charge in [0.15, 0.2) is 0 Å². The van der Waals surface area contributed by atoms with E-state index in [9.17, 15) is 8.78 Å². The maximum absolute atomic E-state index is 14.1. The van der Waals surface area contributed by atoms with E-state index in [0.29, 0.717) is 11.1 Å². The lowest BCUT2D eigenvalue weighted by Crippen LogP contribution is -2.17. The number of halogens is 2. The van der Waals surface area contributed by atoms with Crippen molar-refractivity contribution in [3.8, 4) is 0 Å².